The van der Waals surface area contributed by atoms with E-state index in [4.69, 9.17) is 0 Å². The zero-order chi connectivity index (χ0) is 13.7. The van der Waals surface area contributed by atoms with Crippen LogP contribution in [0.3, 0.4) is 0 Å². The molecule has 0 aromatic heterocycles. The molecule has 0 aliphatic carbocycles. The van der Waals surface area contributed by atoms with Crippen LogP contribution in [0.25, 0.3) is 0 Å². The highest BCUT2D eigenvalue weighted by Crippen LogP contribution is 2.28. The summed E-state index contributed by atoms with van der Waals surface area (Å²) in [7, 11) is 3.96. The Labute approximate surface area is 131 Å². The summed E-state index contributed by atoms with van der Waals surface area (Å²) in [5.74, 6) is 0.0183. The molecule has 2 aromatic rings. The maximum Gasteiger partial charge on any atom is 0.0775 e. The molecule has 0 fully saturated rings. The molecule has 3 heteroatoms. The molecule has 0 aliphatic rings. The number of hydrogen-bond acceptors (Lipinski definition) is 2. The number of rotatable bonds is 5. The number of hydrogen-bond donors (Lipinski definition) is 1. The molecule has 0 bridgehead atoms. The number of halogens is 1. The molecule has 0 amide bonds. The second kappa shape index (κ2) is 8.20. The molecule has 0 heterocycles. The Morgan fingerprint density at radius 1 is 0.850 bits per heavy atom. The number of aliphatic hydroxyl groups excluding tert-OH is 1. The topological polar surface area (TPSA) is 23.5 Å². The molecule has 2 aromatic carbocycles. The van der Waals surface area contributed by atoms with E-state index < -0.39 is 6.10 Å². The van der Waals surface area contributed by atoms with Crippen LogP contribution in [0, 0.1) is 0 Å². The van der Waals surface area contributed by atoms with Crippen molar-refractivity contribution in [2.45, 2.75) is 12.0 Å². The van der Waals surface area contributed by atoms with Crippen LogP contribution >= 0.6 is 17.0 Å². The van der Waals surface area contributed by atoms with Gasteiger partial charge < -0.3 is 10.0 Å². The van der Waals surface area contributed by atoms with Crippen molar-refractivity contribution in [3.05, 3.63) is 71.8 Å². The summed E-state index contributed by atoms with van der Waals surface area (Å²) in [6, 6.07) is 20.4. The fourth-order valence-corrected chi connectivity index (χ4v) is 2.44. The van der Waals surface area contributed by atoms with Crippen molar-refractivity contribution in [3.63, 3.8) is 0 Å². The summed E-state index contributed by atoms with van der Waals surface area (Å²) >= 11 is 0. The highest BCUT2D eigenvalue weighted by molar-refractivity contribution is 8.93. The van der Waals surface area contributed by atoms with Gasteiger partial charge in [-0.15, -0.1) is 17.0 Å². The first-order valence-electron chi connectivity index (χ1n) is 6.61. The van der Waals surface area contributed by atoms with Crippen LogP contribution in [0.4, 0.5) is 0 Å². The van der Waals surface area contributed by atoms with Crippen LogP contribution in [-0.4, -0.2) is 36.8 Å². The largest absolute Gasteiger partial charge is 0.391 e. The summed E-state index contributed by atoms with van der Waals surface area (Å²) in [5, 5.41) is 10.5. The smallest absolute Gasteiger partial charge is 0.0775 e. The molecular formula is C17H22BrNO. The molecule has 0 saturated heterocycles. The van der Waals surface area contributed by atoms with Gasteiger partial charge in [-0.1, -0.05) is 60.7 Å². The van der Waals surface area contributed by atoms with Crippen LogP contribution in [0.15, 0.2) is 60.7 Å². The Balaban J connectivity index is 0.00000200. The van der Waals surface area contributed by atoms with Crippen molar-refractivity contribution in [1.82, 2.24) is 4.90 Å². The third-order valence-electron chi connectivity index (χ3n) is 3.25. The second-order valence-electron chi connectivity index (χ2n) is 5.13. The van der Waals surface area contributed by atoms with E-state index in [1.807, 2.05) is 55.4 Å². The molecule has 0 spiro atoms. The standard InChI is InChI=1S/C17H21NO.BrH/c1-18(2)13-16(19)17(14-9-5-3-6-10-14)15-11-7-4-8-12-15;/h3-12,16-17,19H,13H2,1-2H3;1H/t16-;/m1./s1. The van der Waals surface area contributed by atoms with Gasteiger partial charge in [0.2, 0.25) is 0 Å². The lowest BCUT2D eigenvalue weighted by molar-refractivity contribution is 0.121. The lowest BCUT2D eigenvalue weighted by Crippen LogP contribution is -2.31. The Morgan fingerprint density at radius 2 is 1.25 bits per heavy atom. The third-order valence-corrected chi connectivity index (χ3v) is 3.25. The first-order valence-corrected chi connectivity index (χ1v) is 6.61. The molecule has 2 rings (SSSR count). The second-order valence-corrected chi connectivity index (χ2v) is 5.13. The van der Waals surface area contributed by atoms with Crippen LogP contribution in [-0.2, 0) is 0 Å². The van der Waals surface area contributed by atoms with E-state index >= 15 is 0 Å². The minimum atomic E-state index is -0.417. The maximum absolute atomic E-state index is 10.5. The summed E-state index contributed by atoms with van der Waals surface area (Å²) < 4.78 is 0. The molecule has 1 N–H and O–H groups in total. The van der Waals surface area contributed by atoms with Gasteiger partial charge in [0.25, 0.3) is 0 Å². The zero-order valence-corrected chi connectivity index (χ0v) is 13.7. The van der Waals surface area contributed by atoms with Gasteiger partial charge in [-0.3, -0.25) is 0 Å². The van der Waals surface area contributed by atoms with Crippen LogP contribution < -0.4 is 0 Å². The van der Waals surface area contributed by atoms with Crippen molar-refractivity contribution >= 4 is 17.0 Å². The van der Waals surface area contributed by atoms with E-state index in [1.54, 1.807) is 0 Å². The SMILES string of the molecule is Br.CN(C)C[C@@H](O)C(c1ccccc1)c1ccccc1. The first-order chi connectivity index (χ1) is 9.18. The quantitative estimate of drug-likeness (QED) is 0.905. The van der Waals surface area contributed by atoms with Crippen LogP contribution in [0.2, 0.25) is 0 Å². The van der Waals surface area contributed by atoms with Crippen molar-refractivity contribution in [2.24, 2.45) is 0 Å². The highest BCUT2D eigenvalue weighted by atomic mass is 79.9. The summed E-state index contributed by atoms with van der Waals surface area (Å²) in [6.07, 6.45) is -0.417. The van der Waals surface area contributed by atoms with Gasteiger partial charge in [0.05, 0.1) is 6.10 Å². The van der Waals surface area contributed by atoms with Crippen LogP contribution in [0.5, 0.6) is 0 Å². The van der Waals surface area contributed by atoms with E-state index in [-0.39, 0.29) is 22.9 Å². The molecule has 108 valence electrons. The number of nitrogens with zero attached hydrogens (tertiary/aromatic N) is 1. The van der Waals surface area contributed by atoms with E-state index in [0.717, 1.165) is 11.1 Å². The van der Waals surface area contributed by atoms with Crippen molar-refractivity contribution in [3.8, 4) is 0 Å². The average Bonchev–Trinajstić information content (AvgIpc) is 2.40. The normalized spacial score (nSPS) is 12.2. The molecule has 0 radical (unpaired) electrons. The highest BCUT2D eigenvalue weighted by Gasteiger charge is 2.23. The van der Waals surface area contributed by atoms with E-state index in [1.165, 1.54) is 0 Å². The minimum Gasteiger partial charge on any atom is -0.391 e. The molecule has 0 unspecified atom stereocenters. The predicted molar refractivity (Wildman–Crippen MR) is 89.6 cm³/mol. The maximum atomic E-state index is 10.5. The van der Waals surface area contributed by atoms with Gasteiger partial charge in [0, 0.05) is 12.5 Å². The van der Waals surface area contributed by atoms with Gasteiger partial charge in [0.1, 0.15) is 0 Å². The molecule has 20 heavy (non-hydrogen) atoms. The van der Waals surface area contributed by atoms with Gasteiger partial charge in [0.15, 0.2) is 0 Å². The Hall–Kier alpha value is -1.16. The fraction of sp³-hybridized carbons (Fsp3) is 0.294. The molecule has 1 atom stereocenters. The summed E-state index contributed by atoms with van der Waals surface area (Å²) in [6.45, 7) is 0.647. The molecule has 2 nitrogen and oxygen atoms in total. The molecule has 0 aliphatic heterocycles. The number of aliphatic hydroxyl groups is 1. The first kappa shape index (κ1) is 16.9. The van der Waals surface area contributed by atoms with Crippen molar-refractivity contribution in [1.29, 1.82) is 0 Å². The fourth-order valence-electron chi connectivity index (χ4n) is 2.44. The summed E-state index contributed by atoms with van der Waals surface area (Å²) in [5.41, 5.74) is 2.31. The Kier molecular flexibility index (Phi) is 6.93. The third kappa shape index (κ3) is 4.44. The predicted octanol–water partition coefficient (Wildman–Crippen LogP) is 3.32. The molecular weight excluding hydrogens is 314 g/mol. The van der Waals surface area contributed by atoms with Crippen LogP contribution in [0.1, 0.15) is 17.0 Å². The van der Waals surface area contributed by atoms with Crippen molar-refractivity contribution in [2.75, 3.05) is 20.6 Å². The van der Waals surface area contributed by atoms with Gasteiger partial charge in [-0.2, -0.15) is 0 Å². The lowest BCUT2D eigenvalue weighted by atomic mass is 9.86. The van der Waals surface area contributed by atoms with Gasteiger partial charge in [-0.05, 0) is 25.2 Å². The Bertz CT molecular complexity index is 447. The van der Waals surface area contributed by atoms with E-state index in [0.29, 0.717) is 6.54 Å². The van der Waals surface area contributed by atoms with Crippen molar-refractivity contribution < 1.29 is 5.11 Å². The van der Waals surface area contributed by atoms with E-state index in [2.05, 4.69) is 24.3 Å². The number of benzene rings is 2. The zero-order valence-electron chi connectivity index (χ0n) is 11.9. The van der Waals surface area contributed by atoms with E-state index in [9.17, 15) is 5.11 Å². The van der Waals surface area contributed by atoms with Gasteiger partial charge in [-0.25, -0.2) is 0 Å². The molecule has 0 saturated carbocycles. The Morgan fingerprint density at radius 3 is 1.60 bits per heavy atom. The minimum absolute atomic E-state index is 0. The number of likely N-dealkylation sites (N-methyl/N-ethyl adjacent to an activating group) is 1. The van der Waals surface area contributed by atoms with Gasteiger partial charge >= 0.3 is 0 Å². The lowest BCUT2D eigenvalue weighted by Gasteiger charge is -2.26. The monoisotopic (exact) mass is 335 g/mol. The average molecular weight is 336 g/mol. The summed E-state index contributed by atoms with van der Waals surface area (Å²) in [4.78, 5) is 2.02.